The highest BCUT2D eigenvalue weighted by molar-refractivity contribution is 6.30. The van der Waals surface area contributed by atoms with E-state index in [0.717, 1.165) is 68.6 Å². The zero-order valence-electron chi connectivity index (χ0n) is 28.6. The second kappa shape index (κ2) is 17.1. The Kier molecular flexibility index (Phi) is 12.5. The summed E-state index contributed by atoms with van der Waals surface area (Å²) in [7, 11) is 3.80. The van der Waals surface area contributed by atoms with Gasteiger partial charge < -0.3 is 24.8 Å². The van der Waals surface area contributed by atoms with E-state index < -0.39 is 0 Å². The molecule has 0 atom stereocenters. The number of carbonyl (C=O) groups is 3. The molecule has 4 aromatic rings. The van der Waals surface area contributed by atoms with E-state index in [0.29, 0.717) is 46.3 Å². The van der Waals surface area contributed by atoms with Gasteiger partial charge in [-0.15, -0.1) is 0 Å². The second-order valence-corrected chi connectivity index (χ2v) is 13.1. The summed E-state index contributed by atoms with van der Waals surface area (Å²) in [5, 5.41) is 3.48. The average Bonchev–Trinajstić information content (AvgIpc) is 3.34. The van der Waals surface area contributed by atoms with Crippen LogP contribution in [0.1, 0.15) is 58.4 Å². The molecule has 0 bridgehead atoms. The first-order chi connectivity index (χ1) is 23.7. The van der Waals surface area contributed by atoms with Crippen molar-refractivity contribution in [2.45, 2.75) is 39.0 Å². The standard InChI is InChI=1S/C40H45ClN4O4/c1-29-13-15-30(16-14-29)34-10-6-7-11-35(34)39(47)42-33-20-17-31(18-21-33)40(48)44(3)36-22-19-32(41)28-37(36)49-27-8-4-5-12-38(46)45-24-9-23-43(2)25-26-45/h6-7,10-11,13-22,28H,4-5,8-9,12,23-27H2,1-3H3,(H,42,47). The summed E-state index contributed by atoms with van der Waals surface area (Å²) in [4.78, 5) is 45.3. The molecular weight excluding hydrogens is 636 g/mol. The smallest absolute Gasteiger partial charge is 0.258 e. The summed E-state index contributed by atoms with van der Waals surface area (Å²) in [5.74, 6) is 0.289. The number of likely N-dealkylation sites (N-methyl/N-ethyl adjacent to an activating group) is 1. The molecule has 9 heteroatoms. The van der Waals surface area contributed by atoms with E-state index in [1.54, 1.807) is 55.6 Å². The van der Waals surface area contributed by atoms with Crippen molar-refractivity contribution < 1.29 is 19.1 Å². The van der Waals surface area contributed by atoms with E-state index in [4.69, 9.17) is 16.3 Å². The normalized spacial score (nSPS) is 13.4. The number of nitrogens with zero attached hydrogens (tertiary/aromatic N) is 3. The van der Waals surface area contributed by atoms with E-state index in [2.05, 4.69) is 17.3 Å². The molecule has 0 spiro atoms. The Morgan fingerprint density at radius 1 is 0.857 bits per heavy atom. The van der Waals surface area contributed by atoms with Crippen molar-refractivity contribution in [1.82, 2.24) is 9.80 Å². The number of unbranched alkanes of at least 4 members (excludes halogenated alkanes) is 2. The molecule has 0 unspecified atom stereocenters. The quantitative estimate of drug-likeness (QED) is 0.154. The average molecular weight is 681 g/mol. The van der Waals surface area contributed by atoms with E-state index in [-0.39, 0.29) is 17.7 Å². The minimum Gasteiger partial charge on any atom is -0.491 e. The molecule has 49 heavy (non-hydrogen) atoms. The van der Waals surface area contributed by atoms with E-state index in [1.165, 1.54) is 4.90 Å². The van der Waals surface area contributed by atoms with Crippen LogP contribution in [0.3, 0.4) is 0 Å². The molecule has 0 saturated carbocycles. The summed E-state index contributed by atoms with van der Waals surface area (Å²) in [6.45, 7) is 6.06. The van der Waals surface area contributed by atoms with Gasteiger partial charge in [0, 0.05) is 61.0 Å². The van der Waals surface area contributed by atoms with Crippen LogP contribution in [0.2, 0.25) is 5.02 Å². The lowest BCUT2D eigenvalue weighted by molar-refractivity contribution is -0.131. The third-order valence-corrected chi connectivity index (χ3v) is 9.11. The van der Waals surface area contributed by atoms with Crippen molar-refractivity contribution >= 4 is 40.7 Å². The number of aryl methyl sites for hydroxylation is 1. The van der Waals surface area contributed by atoms with Crippen LogP contribution in [0, 0.1) is 6.92 Å². The molecule has 256 valence electrons. The minimum atomic E-state index is -0.229. The zero-order chi connectivity index (χ0) is 34.8. The maximum atomic E-state index is 13.5. The van der Waals surface area contributed by atoms with Crippen LogP contribution >= 0.6 is 11.6 Å². The van der Waals surface area contributed by atoms with Gasteiger partial charge in [0.15, 0.2) is 0 Å². The van der Waals surface area contributed by atoms with Crippen LogP contribution < -0.4 is 15.0 Å². The summed E-state index contributed by atoms with van der Waals surface area (Å²) in [6, 6.07) is 27.6. The highest BCUT2D eigenvalue weighted by Gasteiger charge is 2.20. The Balaban J connectivity index is 1.14. The van der Waals surface area contributed by atoms with Crippen molar-refractivity contribution in [3.05, 3.63) is 113 Å². The molecule has 8 nitrogen and oxygen atoms in total. The van der Waals surface area contributed by atoms with Gasteiger partial charge in [-0.3, -0.25) is 14.4 Å². The predicted molar refractivity (Wildman–Crippen MR) is 198 cm³/mol. The van der Waals surface area contributed by atoms with Gasteiger partial charge in [0.05, 0.1) is 12.3 Å². The summed E-state index contributed by atoms with van der Waals surface area (Å²) < 4.78 is 6.10. The van der Waals surface area contributed by atoms with Crippen molar-refractivity contribution in [2.75, 3.05) is 57.1 Å². The minimum absolute atomic E-state index is 0.229. The molecule has 5 rings (SSSR count). The lowest BCUT2D eigenvalue weighted by Crippen LogP contribution is -2.34. The molecule has 3 amide bonds. The van der Waals surface area contributed by atoms with E-state index in [1.807, 2.05) is 54.3 Å². The van der Waals surface area contributed by atoms with Gasteiger partial charge in [0.1, 0.15) is 5.75 Å². The number of anilines is 2. The lowest BCUT2D eigenvalue weighted by atomic mass is 9.98. The number of ether oxygens (including phenoxy) is 1. The Morgan fingerprint density at radius 2 is 1.61 bits per heavy atom. The zero-order valence-corrected chi connectivity index (χ0v) is 29.3. The van der Waals surface area contributed by atoms with Crippen molar-refractivity contribution in [1.29, 1.82) is 0 Å². The number of hydrogen-bond donors (Lipinski definition) is 1. The van der Waals surface area contributed by atoms with Crippen LogP contribution in [0.25, 0.3) is 11.1 Å². The van der Waals surface area contributed by atoms with Gasteiger partial charge in [0.2, 0.25) is 5.91 Å². The molecule has 0 aromatic heterocycles. The third-order valence-electron chi connectivity index (χ3n) is 8.88. The SMILES string of the molecule is Cc1ccc(-c2ccccc2C(=O)Nc2ccc(C(=O)N(C)c3ccc(Cl)cc3OCCCCCC(=O)N3CCCN(C)CC3)cc2)cc1. The summed E-state index contributed by atoms with van der Waals surface area (Å²) in [5.41, 5.74) is 5.17. The first-order valence-electron chi connectivity index (χ1n) is 16.9. The molecule has 1 aliphatic heterocycles. The van der Waals surface area contributed by atoms with Gasteiger partial charge in [-0.05, 0) is 99.8 Å². The number of rotatable bonds is 12. The van der Waals surface area contributed by atoms with Gasteiger partial charge in [-0.25, -0.2) is 0 Å². The first-order valence-corrected chi connectivity index (χ1v) is 17.3. The molecule has 0 radical (unpaired) electrons. The van der Waals surface area contributed by atoms with Crippen LogP contribution in [-0.2, 0) is 4.79 Å². The Labute approximate surface area is 294 Å². The van der Waals surface area contributed by atoms with Crippen LogP contribution in [0.15, 0.2) is 91.0 Å². The van der Waals surface area contributed by atoms with Gasteiger partial charge in [-0.1, -0.05) is 59.6 Å². The fourth-order valence-electron chi connectivity index (χ4n) is 5.94. The Hall–Kier alpha value is -4.66. The van der Waals surface area contributed by atoms with Gasteiger partial charge in [-0.2, -0.15) is 0 Å². The van der Waals surface area contributed by atoms with Gasteiger partial charge in [0.25, 0.3) is 11.8 Å². The second-order valence-electron chi connectivity index (χ2n) is 12.6. The molecule has 1 fully saturated rings. The molecule has 0 aliphatic carbocycles. The Morgan fingerprint density at radius 3 is 2.39 bits per heavy atom. The topological polar surface area (TPSA) is 82.2 Å². The molecule has 1 N–H and O–H groups in total. The first kappa shape index (κ1) is 35.6. The third kappa shape index (κ3) is 9.71. The molecule has 1 heterocycles. The van der Waals surface area contributed by atoms with Crippen LogP contribution in [0.4, 0.5) is 11.4 Å². The van der Waals surface area contributed by atoms with Crippen molar-refractivity contribution in [3.63, 3.8) is 0 Å². The molecule has 1 saturated heterocycles. The fourth-order valence-corrected chi connectivity index (χ4v) is 6.10. The number of carbonyl (C=O) groups excluding carboxylic acids is 3. The van der Waals surface area contributed by atoms with Gasteiger partial charge >= 0.3 is 0 Å². The maximum Gasteiger partial charge on any atom is 0.258 e. The largest absolute Gasteiger partial charge is 0.491 e. The number of benzene rings is 4. The summed E-state index contributed by atoms with van der Waals surface area (Å²) in [6.07, 6.45) is 4.02. The van der Waals surface area contributed by atoms with Crippen molar-refractivity contribution in [3.8, 4) is 16.9 Å². The Bertz CT molecular complexity index is 1740. The fraction of sp³-hybridized carbons (Fsp3) is 0.325. The highest BCUT2D eigenvalue weighted by Crippen LogP contribution is 2.32. The number of amides is 3. The molecular formula is C40H45ClN4O4. The monoisotopic (exact) mass is 680 g/mol. The maximum absolute atomic E-state index is 13.5. The lowest BCUT2D eigenvalue weighted by Gasteiger charge is -2.21. The van der Waals surface area contributed by atoms with Crippen LogP contribution in [-0.4, -0.2) is 74.4 Å². The van der Waals surface area contributed by atoms with E-state index >= 15 is 0 Å². The highest BCUT2D eigenvalue weighted by atomic mass is 35.5. The summed E-state index contributed by atoms with van der Waals surface area (Å²) >= 11 is 6.30. The number of hydrogen-bond acceptors (Lipinski definition) is 5. The van der Waals surface area contributed by atoms with Crippen molar-refractivity contribution in [2.24, 2.45) is 0 Å². The van der Waals surface area contributed by atoms with E-state index in [9.17, 15) is 14.4 Å². The number of nitrogens with one attached hydrogen (secondary N) is 1. The molecule has 4 aromatic carbocycles. The molecule has 1 aliphatic rings. The predicted octanol–water partition coefficient (Wildman–Crippen LogP) is 7.95. The number of halogens is 1. The van der Waals surface area contributed by atoms with Crippen LogP contribution in [0.5, 0.6) is 5.75 Å².